The Balaban J connectivity index is 1.09. The molecule has 0 amide bonds. The van der Waals surface area contributed by atoms with E-state index in [0.717, 1.165) is 61.0 Å². The molecule has 0 saturated carbocycles. The van der Waals surface area contributed by atoms with Crippen LogP contribution in [0.1, 0.15) is 11.1 Å². The maximum atomic E-state index is 10.3. The summed E-state index contributed by atoms with van der Waals surface area (Å²) in [6, 6.07) is 65.9. The third-order valence-electron chi connectivity index (χ3n) is 11.1. The summed E-state index contributed by atoms with van der Waals surface area (Å²) in [5.74, 6) is 0. The standard InChI is InChI=1S/C50H29N5/c51-30-33-25-28-36(54-44-18-7-3-14-39(44)49-34(31-52)11-9-20-46(49)54)29-41(33)32-23-26-35(27-24-32)53-45-19-8-4-15-40(45)50-47(53)21-10-22-48(50)55-42-16-5-1-12-37(42)38-13-2-6-17-43(38)55/h1-29H. The van der Waals surface area contributed by atoms with Crippen molar-refractivity contribution in [3.05, 3.63) is 187 Å². The second-order valence-corrected chi connectivity index (χ2v) is 13.9. The number of nitrogens with zero attached hydrogens (tertiary/aromatic N) is 5. The van der Waals surface area contributed by atoms with E-state index in [1.807, 2.05) is 36.4 Å². The van der Waals surface area contributed by atoms with Gasteiger partial charge in [-0.1, -0.05) is 97.1 Å². The van der Waals surface area contributed by atoms with Gasteiger partial charge in [0.2, 0.25) is 0 Å². The number of benzene rings is 8. The molecule has 55 heavy (non-hydrogen) atoms. The Morgan fingerprint density at radius 1 is 0.345 bits per heavy atom. The van der Waals surface area contributed by atoms with Crippen molar-refractivity contribution in [1.82, 2.24) is 13.7 Å². The fourth-order valence-electron chi connectivity index (χ4n) is 8.84. The van der Waals surface area contributed by atoms with Crippen molar-refractivity contribution in [2.45, 2.75) is 0 Å². The van der Waals surface area contributed by atoms with Gasteiger partial charge in [0.1, 0.15) is 0 Å². The summed E-state index contributed by atoms with van der Waals surface area (Å²) in [4.78, 5) is 0. The van der Waals surface area contributed by atoms with Gasteiger partial charge in [-0.15, -0.1) is 0 Å². The molecule has 0 aliphatic rings. The van der Waals surface area contributed by atoms with Gasteiger partial charge in [0, 0.05) is 49.3 Å². The first kappa shape index (κ1) is 30.7. The number of aromatic nitrogens is 3. The summed E-state index contributed by atoms with van der Waals surface area (Å²) in [5, 5.41) is 27.1. The van der Waals surface area contributed by atoms with E-state index in [1.54, 1.807) is 0 Å². The molecule has 5 nitrogen and oxygen atoms in total. The van der Waals surface area contributed by atoms with Crippen LogP contribution in [0.4, 0.5) is 0 Å². The minimum absolute atomic E-state index is 0.600. The van der Waals surface area contributed by atoms with Crippen LogP contribution in [0.3, 0.4) is 0 Å². The summed E-state index contributed by atoms with van der Waals surface area (Å²) in [7, 11) is 0. The first-order chi connectivity index (χ1) is 27.2. The fraction of sp³-hybridized carbons (Fsp3) is 0. The van der Waals surface area contributed by atoms with Crippen LogP contribution < -0.4 is 0 Å². The Bertz CT molecular complexity index is 3400. The quantitative estimate of drug-likeness (QED) is 0.184. The third-order valence-corrected chi connectivity index (χ3v) is 11.1. The van der Waals surface area contributed by atoms with E-state index < -0.39 is 0 Å². The maximum absolute atomic E-state index is 10.3. The van der Waals surface area contributed by atoms with Crippen molar-refractivity contribution in [1.29, 1.82) is 10.5 Å². The average molecular weight is 700 g/mol. The summed E-state index contributed by atoms with van der Waals surface area (Å²) in [6.45, 7) is 0. The van der Waals surface area contributed by atoms with E-state index in [4.69, 9.17) is 0 Å². The Morgan fingerprint density at radius 2 is 0.818 bits per heavy atom. The van der Waals surface area contributed by atoms with Crippen molar-refractivity contribution in [3.63, 3.8) is 0 Å². The van der Waals surface area contributed by atoms with Gasteiger partial charge in [0.15, 0.2) is 0 Å². The zero-order valence-electron chi connectivity index (χ0n) is 29.5. The molecule has 254 valence electrons. The first-order valence-electron chi connectivity index (χ1n) is 18.3. The highest BCUT2D eigenvalue weighted by molar-refractivity contribution is 6.16. The van der Waals surface area contributed by atoms with Crippen LogP contribution in [0, 0.1) is 22.7 Å². The zero-order chi connectivity index (χ0) is 36.6. The van der Waals surface area contributed by atoms with Crippen LogP contribution in [0.15, 0.2) is 176 Å². The molecule has 0 radical (unpaired) electrons. The summed E-state index contributed by atoms with van der Waals surface area (Å²) >= 11 is 0. The lowest BCUT2D eigenvalue weighted by molar-refractivity contribution is 1.17. The van der Waals surface area contributed by atoms with E-state index in [1.165, 1.54) is 32.6 Å². The SMILES string of the molecule is N#Cc1ccc(-n2c3ccccc3c3c(C#N)cccc32)cc1-c1ccc(-n2c3ccccc3c3c(-n4c5ccccc5c5ccccc54)cccc32)cc1. The summed E-state index contributed by atoms with van der Waals surface area (Å²) in [5.41, 5.74) is 12.7. The van der Waals surface area contributed by atoms with Crippen LogP contribution in [0.25, 0.3) is 93.6 Å². The Morgan fingerprint density at radius 3 is 1.44 bits per heavy atom. The smallest absolute Gasteiger partial charge is 0.0998 e. The number of hydrogen-bond acceptors (Lipinski definition) is 2. The zero-order valence-corrected chi connectivity index (χ0v) is 29.5. The van der Waals surface area contributed by atoms with Gasteiger partial charge >= 0.3 is 0 Å². The lowest BCUT2D eigenvalue weighted by Gasteiger charge is -2.13. The summed E-state index contributed by atoms with van der Waals surface area (Å²) < 4.78 is 6.94. The molecule has 11 rings (SSSR count). The lowest BCUT2D eigenvalue weighted by atomic mass is 9.99. The maximum Gasteiger partial charge on any atom is 0.0998 e. The molecule has 5 heteroatoms. The average Bonchev–Trinajstić information content (AvgIpc) is 3.89. The highest BCUT2D eigenvalue weighted by atomic mass is 15.0. The Labute approximate surface area is 316 Å². The molecule has 0 bridgehead atoms. The van der Waals surface area contributed by atoms with Crippen molar-refractivity contribution >= 4 is 65.4 Å². The molecule has 3 heterocycles. The van der Waals surface area contributed by atoms with E-state index in [-0.39, 0.29) is 0 Å². The third kappa shape index (κ3) is 4.39. The van der Waals surface area contributed by atoms with Crippen molar-refractivity contribution in [3.8, 4) is 40.3 Å². The van der Waals surface area contributed by atoms with Crippen LogP contribution >= 0.6 is 0 Å². The first-order valence-corrected chi connectivity index (χ1v) is 18.3. The van der Waals surface area contributed by atoms with E-state index in [0.29, 0.717) is 11.1 Å². The van der Waals surface area contributed by atoms with E-state index in [2.05, 4.69) is 165 Å². The molecule has 0 saturated heterocycles. The second-order valence-electron chi connectivity index (χ2n) is 13.9. The molecule has 0 fully saturated rings. The molecule has 0 aliphatic heterocycles. The van der Waals surface area contributed by atoms with Gasteiger partial charge in [-0.2, -0.15) is 10.5 Å². The van der Waals surface area contributed by atoms with Crippen molar-refractivity contribution in [2.75, 3.05) is 0 Å². The Kier molecular flexibility index (Phi) is 6.61. The molecule has 0 aliphatic carbocycles. The van der Waals surface area contributed by atoms with Crippen LogP contribution in [-0.2, 0) is 0 Å². The number of hydrogen-bond donors (Lipinski definition) is 0. The normalized spacial score (nSPS) is 11.6. The van der Waals surface area contributed by atoms with E-state index >= 15 is 0 Å². The van der Waals surface area contributed by atoms with Gasteiger partial charge in [0.05, 0.1) is 62.1 Å². The van der Waals surface area contributed by atoms with E-state index in [9.17, 15) is 10.5 Å². The predicted molar refractivity (Wildman–Crippen MR) is 224 cm³/mol. The molecule has 0 N–H and O–H groups in total. The predicted octanol–water partition coefficient (Wildman–Crippen LogP) is 12.4. The number of nitriles is 2. The second kappa shape index (κ2) is 11.8. The van der Waals surface area contributed by atoms with Crippen LogP contribution in [-0.4, -0.2) is 13.7 Å². The van der Waals surface area contributed by atoms with Gasteiger partial charge in [0.25, 0.3) is 0 Å². The van der Waals surface area contributed by atoms with Gasteiger partial charge in [-0.05, 0) is 84.4 Å². The molecule has 3 aromatic heterocycles. The molecule has 0 spiro atoms. The molecular weight excluding hydrogens is 671 g/mol. The summed E-state index contributed by atoms with van der Waals surface area (Å²) in [6.07, 6.45) is 0. The Hall–Kier alpha value is -7.86. The van der Waals surface area contributed by atoms with Gasteiger partial charge < -0.3 is 13.7 Å². The van der Waals surface area contributed by atoms with Crippen LogP contribution in [0.5, 0.6) is 0 Å². The highest BCUT2D eigenvalue weighted by Gasteiger charge is 2.20. The molecule has 0 unspecified atom stereocenters. The molecular formula is C50H29N5. The number of para-hydroxylation sites is 4. The largest absolute Gasteiger partial charge is 0.309 e. The molecule has 0 atom stereocenters. The topological polar surface area (TPSA) is 62.4 Å². The van der Waals surface area contributed by atoms with Crippen molar-refractivity contribution < 1.29 is 0 Å². The monoisotopic (exact) mass is 699 g/mol. The lowest BCUT2D eigenvalue weighted by Crippen LogP contribution is -1.97. The highest BCUT2D eigenvalue weighted by Crippen LogP contribution is 2.41. The number of rotatable bonds is 4. The molecule has 8 aromatic carbocycles. The minimum Gasteiger partial charge on any atom is -0.309 e. The van der Waals surface area contributed by atoms with Crippen LogP contribution in [0.2, 0.25) is 0 Å². The molecule has 11 aromatic rings. The van der Waals surface area contributed by atoms with Crippen molar-refractivity contribution in [2.24, 2.45) is 0 Å². The van der Waals surface area contributed by atoms with Gasteiger partial charge in [-0.25, -0.2) is 0 Å². The fourth-order valence-corrected chi connectivity index (χ4v) is 8.84. The minimum atomic E-state index is 0.600. The number of fused-ring (bicyclic) bond motifs is 9. The van der Waals surface area contributed by atoms with Gasteiger partial charge in [-0.3, -0.25) is 0 Å².